The van der Waals surface area contributed by atoms with E-state index in [9.17, 15) is 22.4 Å². The Bertz CT molecular complexity index is 769. The minimum absolute atomic E-state index is 0.149. The van der Waals surface area contributed by atoms with Gasteiger partial charge in [0.05, 0.1) is 24.9 Å². The summed E-state index contributed by atoms with van der Waals surface area (Å²) in [6, 6.07) is -0.323. The first kappa shape index (κ1) is 22.7. The van der Waals surface area contributed by atoms with Crippen LogP contribution in [0.15, 0.2) is 6.20 Å². The van der Waals surface area contributed by atoms with E-state index >= 15 is 0 Å². The summed E-state index contributed by atoms with van der Waals surface area (Å²) >= 11 is 1.14. The monoisotopic (exact) mass is 466 g/mol. The van der Waals surface area contributed by atoms with Crippen molar-refractivity contribution in [3.8, 4) is 0 Å². The van der Waals surface area contributed by atoms with Crippen molar-refractivity contribution >= 4 is 22.4 Å². The van der Waals surface area contributed by atoms with Gasteiger partial charge in [0.1, 0.15) is 4.88 Å². The molecule has 7 nitrogen and oxygen atoms in total. The summed E-state index contributed by atoms with van der Waals surface area (Å²) in [6.07, 6.45) is 4.43. The van der Waals surface area contributed by atoms with Gasteiger partial charge in [0, 0.05) is 26.2 Å². The van der Waals surface area contributed by atoms with Crippen LogP contribution in [0.4, 0.5) is 22.7 Å². The zero-order valence-corrected chi connectivity index (χ0v) is 17.7. The summed E-state index contributed by atoms with van der Waals surface area (Å²) in [5.41, 5.74) is 5.44. The average molecular weight is 467 g/mol. The van der Waals surface area contributed by atoms with Gasteiger partial charge in [-0.25, -0.2) is 4.98 Å². The van der Waals surface area contributed by atoms with Crippen LogP contribution in [-0.2, 0) is 9.47 Å². The highest BCUT2D eigenvalue weighted by molar-refractivity contribution is 7.17. The molecule has 1 aromatic heterocycles. The summed E-state index contributed by atoms with van der Waals surface area (Å²) in [5.74, 6) is -0.101. The van der Waals surface area contributed by atoms with Crippen LogP contribution in [0.2, 0.25) is 0 Å². The standard InChI is InChI=1S/C19H26F4N4O3S/c20-16(21)29-10-12-9-26(1-2-27(12)18-25-7-14(31-18)15(24)28)8-11-3-19(4-11)5-13(6-19)30-17(22)23/h7,11-13,16-17H,1-6,8-10H2,(H2,24,28)/t11?,12-,13?,19?/m0/s1. The average Bonchev–Trinajstić information content (AvgIpc) is 3.13. The molecule has 2 N–H and O–H groups in total. The lowest BCUT2D eigenvalue weighted by atomic mass is 9.50. The molecule has 2 aliphatic carbocycles. The first-order chi connectivity index (χ1) is 14.7. The van der Waals surface area contributed by atoms with Crippen molar-refractivity contribution < 1.29 is 31.8 Å². The van der Waals surface area contributed by atoms with Gasteiger partial charge >= 0.3 is 13.2 Å². The Hall–Kier alpha value is -1.50. The van der Waals surface area contributed by atoms with Crippen LogP contribution in [0.25, 0.3) is 0 Å². The molecule has 0 unspecified atom stereocenters. The second kappa shape index (κ2) is 9.16. The number of halogens is 4. The van der Waals surface area contributed by atoms with E-state index in [1.807, 2.05) is 4.90 Å². The fourth-order valence-corrected chi connectivity index (χ4v) is 6.18. The number of nitrogens with zero attached hydrogens (tertiary/aromatic N) is 3. The first-order valence-corrected chi connectivity index (χ1v) is 11.1. The van der Waals surface area contributed by atoms with E-state index in [-0.39, 0.29) is 24.2 Å². The second-order valence-electron chi connectivity index (χ2n) is 8.77. The number of primary amides is 1. The lowest BCUT2D eigenvalue weighted by Gasteiger charge is -2.58. The van der Waals surface area contributed by atoms with Crippen molar-refractivity contribution in [1.29, 1.82) is 0 Å². The normalized spacial score (nSPS) is 31.3. The third-order valence-electron chi connectivity index (χ3n) is 6.54. The molecule has 0 bridgehead atoms. The van der Waals surface area contributed by atoms with Crippen molar-refractivity contribution in [2.75, 3.05) is 37.7 Å². The van der Waals surface area contributed by atoms with Crippen LogP contribution in [-0.4, -0.2) is 73.9 Å². The highest BCUT2D eigenvalue weighted by Crippen LogP contribution is 2.59. The molecule has 0 radical (unpaired) electrons. The third-order valence-corrected chi connectivity index (χ3v) is 7.59. The largest absolute Gasteiger partial charge is 0.365 e. The SMILES string of the molecule is NC(=O)c1cnc(N2CCN(CC3CC4(C3)CC(OC(F)F)C4)C[C@H]2COC(F)F)s1. The second-order valence-corrected chi connectivity index (χ2v) is 9.78. The Balaban J connectivity index is 1.29. The summed E-state index contributed by atoms with van der Waals surface area (Å²) in [6.45, 7) is -3.03. The quantitative estimate of drug-likeness (QED) is 0.564. The van der Waals surface area contributed by atoms with Gasteiger partial charge in [-0.15, -0.1) is 0 Å². The Morgan fingerprint density at radius 1 is 1.23 bits per heavy atom. The molecule has 31 heavy (non-hydrogen) atoms. The molecule has 1 aromatic rings. The van der Waals surface area contributed by atoms with Gasteiger partial charge < -0.3 is 20.1 Å². The van der Waals surface area contributed by atoms with Gasteiger partial charge in [0.2, 0.25) is 0 Å². The predicted molar refractivity (Wildman–Crippen MR) is 105 cm³/mol. The van der Waals surface area contributed by atoms with Crippen LogP contribution in [0.3, 0.4) is 0 Å². The maximum Gasteiger partial charge on any atom is 0.345 e. The number of nitrogens with two attached hydrogens (primary N) is 1. The van der Waals surface area contributed by atoms with Crippen molar-refractivity contribution in [3.05, 3.63) is 11.1 Å². The third kappa shape index (κ3) is 5.29. The maximum atomic E-state index is 12.7. The fraction of sp³-hybridized carbons (Fsp3) is 0.789. The number of carbonyl (C=O) groups excluding carboxylic acids is 1. The molecular formula is C19H26F4N4O3S. The zero-order chi connectivity index (χ0) is 22.2. The lowest BCUT2D eigenvalue weighted by Crippen LogP contribution is -2.58. The number of hydrogen-bond acceptors (Lipinski definition) is 7. The van der Waals surface area contributed by atoms with E-state index in [1.54, 1.807) is 0 Å². The Kier molecular flexibility index (Phi) is 6.71. The molecule has 3 fully saturated rings. The van der Waals surface area contributed by atoms with Crippen LogP contribution in [0, 0.1) is 11.3 Å². The molecule has 3 aliphatic rings. The van der Waals surface area contributed by atoms with Crippen molar-refractivity contribution in [2.24, 2.45) is 17.1 Å². The molecule has 4 rings (SSSR count). The molecule has 1 aliphatic heterocycles. The van der Waals surface area contributed by atoms with Crippen LogP contribution < -0.4 is 10.6 Å². The number of hydrogen-bond donors (Lipinski definition) is 1. The molecule has 1 amide bonds. The molecule has 1 saturated heterocycles. The molecule has 1 atom stereocenters. The number of piperazine rings is 1. The van der Waals surface area contributed by atoms with E-state index in [0.717, 1.165) is 37.3 Å². The van der Waals surface area contributed by atoms with Gasteiger partial charge in [0.25, 0.3) is 5.91 Å². The van der Waals surface area contributed by atoms with Gasteiger partial charge in [-0.05, 0) is 37.0 Å². The number of thiazole rings is 1. The van der Waals surface area contributed by atoms with E-state index in [2.05, 4.69) is 19.4 Å². The molecule has 0 aromatic carbocycles. The highest BCUT2D eigenvalue weighted by Gasteiger charge is 2.54. The topological polar surface area (TPSA) is 80.9 Å². The van der Waals surface area contributed by atoms with E-state index in [1.165, 1.54) is 6.20 Å². The highest BCUT2D eigenvalue weighted by atomic mass is 32.1. The number of rotatable bonds is 9. The number of aromatic nitrogens is 1. The molecular weight excluding hydrogens is 440 g/mol. The van der Waals surface area contributed by atoms with Gasteiger partial charge in [-0.3, -0.25) is 9.69 Å². The molecule has 12 heteroatoms. The smallest absolute Gasteiger partial charge is 0.345 e. The van der Waals surface area contributed by atoms with E-state index in [0.29, 0.717) is 41.9 Å². The molecule has 1 spiro atoms. The number of amides is 1. The molecule has 174 valence electrons. The van der Waals surface area contributed by atoms with Crippen molar-refractivity contribution in [1.82, 2.24) is 9.88 Å². The number of ether oxygens (including phenoxy) is 2. The minimum Gasteiger partial charge on any atom is -0.365 e. The van der Waals surface area contributed by atoms with Crippen LogP contribution in [0.5, 0.6) is 0 Å². The fourth-order valence-electron chi connectivity index (χ4n) is 5.32. The maximum absolute atomic E-state index is 12.7. The number of alkyl halides is 4. The van der Waals surface area contributed by atoms with Crippen LogP contribution >= 0.6 is 11.3 Å². The summed E-state index contributed by atoms with van der Waals surface area (Å²) in [7, 11) is 0. The number of anilines is 1. The van der Waals surface area contributed by atoms with Gasteiger partial charge in [-0.2, -0.15) is 17.6 Å². The minimum atomic E-state index is -2.86. The van der Waals surface area contributed by atoms with Gasteiger partial charge in [-0.1, -0.05) is 11.3 Å². The predicted octanol–water partition coefficient (Wildman–Crippen LogP) is 2.77. The number of carbonyl (C=O) groups is 1. The van der Waals surface area contributed by atoms with Gasteiger partial charge in [0.15, 0.2) is 5.13 Å². The Morgan fingerprint density at radius 3 is 2.58 bits per heavy atom. The molecule has 2 heterocycles. The van der Waals surface area contributed by atoms with Crippen molar-refractivity contribution in [3.63, 3.8) is 0 Å². The first-order valence-electron chi connectivity index (χ1n) is 10.3. The van der Waals surface area contributed by atoms with Crippen LogP contribution in [0.1, 0.15) is 35.4 Å². The van der Waals surface area contributed by atoms with Crippen molar-refractivity contribution in [2.45, 2.75) is 51.1 Å². The Labute approximate surface area is 181 Å². The summed E-state index contributed by atoms with van der Waals surface area (Å²) < 4.78 is 59.1. The molecule has 2 saturated carbocycles. The van der Waals surface area contributed by atoms with E-state index < -0.39 is 19.1 Å². The zero-order valence-electron chi connectivity index (χ0n) is 16.9. The van der Waals surface area contributed by atoms with E-state index in [4.69, 9.17) is 5.73 Å². The lowest BCUT2D eigenvalue weighted by molar-refractivity contribution is -0.227. The summed E-state index contributed by atoms with van der Waals surface area (Å²) in [5, 5.41) is 0.568. The summed E-state index contributed by atoms with van der Waals surface area (Å²) in [4.78, 5) is 20.0. The Morgan fingerprint density at radius 2 is 1.97 bits per heavy atom.